The number of nitrogens with one attached hydrogen (secondary N) is 1. The lowest BCUT2D eigenvalue weighted by Crippen LogP contribution is -2.36. The Bertz CT molecular complexity index is 117. The molecule has 1 radical (unpaired) electrons. The predicted octanol–water partition coefficient (Wildman–Crippen LogP) is 0.207. The van der Waals surface area contributed by atoms with E-state index >= 15 is 0 Å². The standard InChI is InChI=1S/C7H13N2O2/c1-2-3-4-5-9(7-11)8-6-10/h6H,2-5H2,1H3,(H,8,10). The average Bonchev–Trinajstić information content (AvgIpc) is 2.03. The van der Waals surface area contributed by atoms with Crippen LogP contribution in [0.4, 0.5) is 0 Å². The number of unbranched alkanes of at least 4 members (excludes halogenated alkanes) is 2. The van der Waals surface area contributed by atoms with Crippen LogP contribution in [0.15, 0.2) is 0 Å². The van der Waals surface area contributed by atoms with Gasteiger partial charge in [0.1, 0.15) is 0 Å². The Morgan fingerprint density at radius 1 is 1.55 bits per heavy atom. The van der Waals surface area contributed by atoms with E-state index in [9.17, 15) is 9.59 Å². The Kier molecular flexibility index (Phi) is 6.37. The van der Waals surface area contributed by atoms with Gasteiger partial charge in [0.15, 0.2) is 0 Å². The molecular formula is C7H13N2O2. The van der Waals surface area contributed by atoms with Crippen LogP contribution in [0.3, 0.4) is 0 Å². The van der Waals surface area contributed by atoms with Gasteiger partial charge in [-0.15, -0.1) is 0 Å². The molecule has 0 rings (SSSR count). The van der Waals surface area contributed by atoms with Crippen LogP contribution in [0.25, 0.3) is 0 Å². The van der Waals surface area contributed by atoms with Gasteiger partial charge in [0.25, 0.3) is 0 Å². The van der Waals surface area contributed by atoms with Gasteiger partial charge in [0.05, 0.1) is 0 Å². The summed E-state index contributed by atoms with van der Waals surface area (Å²) in [5.74, 6) is 0. The summed E-state index contributed by atoms with van der Waals surface area (Å²) in [5, 5.41) is 1.11. The summed E-state index contributed by atoms with van der Waals surface area (Å²) in [6.45, 7) is 2.61. The molecule has 4 nitrogen and oxygen atoms in total. The molecule has 0 atom stereocenters. The van der Waals surface area contributed by atoms with Crippen molar-refractivity contribution in [3.8, 4) is 0 Å². The first kappa shape index (κ1) is 9.94. The molecule has 0 aromatic carbocycles. The van der Waals surface area contributed by atoms with Crippen molar-refractivity contribution >= 4 is 12.8 Å². The molecule has 0 saturated carbocycles. The van der Waals surface area contributed by atoms with Gasteiger partial charge in [-0.3, -0.25) is 15.0 Å². The zero-order chi connectivity index (χ0) is 8.53. The topological polar surface area (TPSA) is 49.4 Å². The molecule has 1 N–H and O–H groups in total. The van der Waals surface area contributed by atoms with E-state index in [0.717, 1.165) is 24.3 Å². The second kappa shape index (κ2) is 7.05. The molecule has 4 heteroatoms. The maximum absolute atomic E-state index is 10.1. The van der Waals surface area contributed by atoms with E-state index in [-0.39, 0.29) is 0 Å². The molecule has 2 amide bonds. The smallest absolute Gasteiger partial charge is 0.277 e. The van der Waals surface area contributed by atoms with Crippen LogP contribution in [0.2, 0.25) is 0 Å². The number of hydrogen-bond donors (Lipinski definition) is 1. The molecule has 0 aromatic heterocycles. The van der Waals surface area contributed by atoms with Crippen molar-refractivity contribution in [1.29, 1.82) is 0 Å². The van der Waals surface area contributed by atoms with E-state index in [1.165, 1.54) is 0 Å². The van der Waals surface area contributed by atoms with Crippen molar-refractivity contribution in [2.75, 3.05) is 6.54 Å². The Balaban J connectivity index is 3.35. The minimum absolute atomic E-state index is 0.469. The number of hydrazine groups is 1. The summed E-state index contributed by atoms with van der Waals surface area (Å²) >= 11 is 0. The van der Waals surface area contributed by atoms with E-state index in [2.05, 4.69) is 12.3 Å². The highest BCUT2D eigenvalue weighted by Crippen LogP contribution is 1.93. The third-order valence-electron chi connectivity index (χ3n) is 1.30. The summed E-state index contributed by atoms with van der Waals surface area (Å²) in [6, 6.07) is 0. The molecule has 0 aliphatic carbocycles. The maximum Gasteiger partial charge on any atom is 0.332 e. The third-order valence-corrected chi connectivity index (χ3v) is 1.30. The van der Waals surface area contributed by atoms with Crippen LogP contribution < -0.4 is 5.43 Å². The van der Waals surface area contributed by atoms with E-state index in [4.69, 9.17) is 0 Å². The van der Waals surface area contributed by atoms with Crippen LogP contribution in [0, 0.1) is 0 Å². The molecule has 0 unspecified atom stereocenters. The van der Waals surface area contributed by atoms with Crippen LogP contribution in [-0.4, -0.2) is 24.4 Å². The number of carbonyl (C=O) groups excluding carboxylic acids is 2. The average molecular weight is 157 g/mol. The molecule has 0 saturated heterocycles. The van der Waals surface area contributed by atoms with E-state index in [1.54, 1.807) is 6.41 Å². The molecule has 63 valence electrons. The first-order chi connectivity index (χ1) is 5.35. The predicted molar refractivity (Wildman–Crippen MR) is 41.1 cm³/mol. The molecule has 0 aliphatic rings. The summed E-state index contributed by atoms with van der Waals surface area (Å²) in [4.78, 5) is 19.9. The van der Waals surface area contributed by atoms with Crippen LogP contribution in [0.1, 0.15) is 26.2 Å². The maximum atomic E-state index is 10.1. The number of rotatable bonds is 7. The molecule has 0 bridgehead atoms. The van der Waals surface area contributed by atoms with Gasteiger partial charge >= 0.3 is 6.41 Å². The lowest BCUT2D eigenvalue weighted by atomic mass is 10.2. The quantitative estimate of drug-likeness (QED) is 0.248. The molecule has 0 aromatic rings. The first-order valence-corrected chi connectivity index (χ1v) is 3.70. The Labute approximate surface area is 66.5 Å². The van der Waals surface area contributed by atoms with Crippen LogP contribution in [0.5, 0.6) is 0 Å². The van der Waals surface area contributed by atoms with Gasteiger partial charge in [0, 0.05) is 6.54 Å². The van der Waals surface area contributed by atoms with Crippen molar-refractivity contribution in [3.05, 3.63) is 0 Å². The van der Waals surface area contributed by atoms with Crippen LogP contribution >= 0.6 is 0 Å². The van der Waals surface area contributed by atoms with Gasteiger partial charge < -0.3 is 0 Å². The molecule has 0 spiro atoms. The molecular weight excluding hydrogens is 144 g/mol. The Morgan fingerprint density at radius 3 is 2.73 bits per heavy atom. The minimum atomic E-state index is 0.469. The van der Waals surface area contributed by atoms with E-state index in [0.29, 0.717) is 13.0 Å². The SMILES string of the molecule is CCCCCN([C]=O)NC=O. The fraction of sp³-hybridized carbons (Fsp3) is 0.714. The highest BCUT2D eigenvalue weighted by molar-refractivity contribution is 5.54. The van der Waals surface area contributed by atoms with Crippen molar-refractivity contribution in [2.45, 2.75) is 26.2 Å². The minimum Gasteiger partial charge on any atom is -0.277 e. The van der Waals surface area contributed by atoms with Crippen molar-refractivity contribution in [3.63, 3.8) is 0 Å². The second-order valence-corrected chi connectivity index (χ2v) is 2.20. The third kappa shape index (κ3) is 5.39. The fourth-order valence-corrected chi connectivity index (χ4v) is 0.720. The summed E-state index contributed by atoms with van der Waals surface area (Å²) in [5.41, 5.74) is 2.22. The number of hydrogen-bond acceptors (Lipinski definition) is 2. The van der Waals surface area contributed by atoms with Crippen LogP contribution in [-0.2, 0) is 9.59 Å². The number of carbonyl (C=O) groups is 1. The highest BCUT2D eigenvalue weighted by atomic mass is 16.2. The first-order valence-electron chi connectivity index (χ1n) is 3.70. The molecule has 11 heavy (non-hydrogen) atoms. The Hall–Kier alpha value is -1.06. The summed E-state index contributed by atoms with van der Waals surface area (Å²) in [7, 11) is 0. The van der Waals surface area contributed by atoms with Gasteiger partial charge in [-0.1, -0.05) is 19.8 Å². The van der Waals surface area contributed by atoms with E-state index < -0.39 is 0 Å². The van der Waals surface area contributed by atoms with Gasteiger partial charge in [-0.2, -0.15) is 0 Å². The zero-order valence-corrected chi connectivity index (χ0v) is 6.67. The number of nitrogens with zero attached hydrogens (tertiary/aromatic N) is 1. The Morgan fingerprint density at radius 2 is 2.27 bits per heavy atom. The van der Waals surface area contributed by atoms with E-state index in [1.807, 2.05) is 0 Å². The summed E-state index contributed by atoms with van der Waals surface area (Å²) in [6.07, 6.45) is 5.11. The van der Waals surface area contributed by atoms with Crippen molar-refractivity contribution in [2.24, 2.45) is 0 Å². The van der Waals surface area contributed by atoms with Gasteiger partial charge in [-0.05, 0) is 6.42 Å². The highest BCUT2D eigenvalue weighted by Gasteiger charge is 1.98. The van der Waals surface area contributed by atoms with Crippen molar-refractivity contribution < 1.29 is 9.59 Å². The lowest BCUT2D eigenvalue weighted by molar-refractivity contribution is -0.112. The molecule has 0 fully saturated rings. The number of amides is 2. The molecule has 0 aliphatic heterocycles. The van der Waals surface area contributed by atoms with Gasteiger partial charge in [0.2, 0.25) is 6.41 Å². The second-order valence-electron chi connectivity index (χ2n) is 2.20. The fourth-order valence-electron chi connectivity index (χ4n) is 0.720. The zero-order valence-electron chi connectivity index (χ0n) is 6.67. The largest absolute Gasteiger partial charge is 0.332 e. The normalized spacial score (nSPS) is 8.82. The lowest BCUT2D eigenvalue weighted by Gasteiger charge is -2.12. The van der Waals surface area contributed by atoms with Crippen molar-refractivity contribution in [1.82, 2.24) is 10.4 Å². The van der Waals surface area contributed by atoms with Gasteiger partial charge in [-0.25, -0.2) is 5.01 Å². The monoisotopic (exact) mass is 157 g/mol. The summed E-state index contributed by atoms with van der Waals surface area (Å²) < 4.78 is 0. The molecule has 0 heterocycles.